The van der Waals surface area contributed by atoms with E-state index in [-0.39, 0.29) is 5.92 Å². The van der Waals surface area contributed by atoms with E-state index in [9.17, 15) is 9.90 Å². The molecule has 6 heteroatoms. The van der Waals surface area contributed by atoms with Crippen molar-refractivity contribution in [2.45, 2.75) is 33.2 Å². The van der Waals surface area contributed by atoms with E-state index in [1.807, 2.05) is 31.2 Å². The van der Waals surface area contributed by atoms with Crippen LogP contribution in [0, 0.1) is 12.8 Å². The molecule has 1 saturated heterocycles. The predicted molar refractivity (Wildman–Crippen MR) is 103 cm³/mol. The fraction of sp³-hybridized carbons (Fsp3) is 0.450. The molecule has 0 amide bonds. The van der Waals surface area contributed by atoms with Crippen molar-refractivity contribution in [1.82, 2.24) is 9.97 Å². The molecular formula is C20H26N4O2. The SMILES string of the molecule is CCN(Cc1ccccc1)c1nc(C)cc(N2CCC(C(=O)O)CC2)n1. The van der Waals surface area contributed by atoms with Crippen LogP contribution >= 0.6 is 0 Å². The maximum Gasteiger partial charge on any atom is 0.306 e. The van der Waals surface area contributed by atoms with Gasteiger partial charge in [-0.3, -0.25) is 4.79 Å². The van der Waals surface area contributed by atoms with E-state index < -0.39 is 5.97 Å². The summed E-state index contributed by atoms with van der Waals surface area (Å²) in [6, 6.07) is 12.3. The number of hydrogen-bond donors (Lipinski definition) is 1. The topological polar surface area (TPSA) is 69.6 Å². The Morgan fingerprint density at radius 1 is 1.23 bits per heavy atom. The molecule has 6 nitrogen and oxygen atoms in total. The fourth-order valence-corrected chi connectivity index (χ4v) is 3.32. The Kier molecular flexibility index (Phi) is 5.71. The molecule has 0 unspecified atom stereocenters. The first-order valence-electron chi connectivity index (χ1n) is 9.19. The number of aliphatic carboxylic acids is 1. The van der Waals surface area contributed by atoms with E-state index >= 15 is 0 Å². The Hall–Kier alpha value is -2.63. The second-order valence-corrected chi connectivity index (χ2v) is 6.77. The number of carboxylic acid groups (broad SMARTS) is 1. The van der Waals surface area contributed by atoms with Crippen LogP contribution in [-0.4, -0.2) is 40.7 Å². The van der Waals surface area contributed by atoms with E-state index in [4.69, 9.17) is 4.98 Å². The number of anilines is 2. The average Bonchev–Trinajstić information content (AvgIpc) is 2.66. The monoisotopic (exact) mass is 354 g/mol. The molecule has 3 rings (SSSR count). The van der Waals surface area contributed by atoms with Crippen molar-refractivity contribution in [2.75, 3.05) is 29.4 Å². The quantitative estimate of drug-likeness (QED) is 0.859. The summed E-state index contributed by atoms with van der Waals surface area (Å²) >= 11 is 0. The maximum absolute atomic E-state index is 11.2. The van der Waals surface area contributed by atoms with Crippen LogP contribution in [0.25, 0.3) is 0 Å². The Bertz CT molecular complexity index is 743. The van der Waals surface area contributed by atoms with Gasteiger partial charge in [0, 0.05) is 37.9 Å². The number of aromatic nitrogens is 2. The van der Waals surface area contributed by atoms with Gasteiger partial charge >= 0.3 is 5.97 Å². The summed E-state index contributed by atoms with van der Waals surface area (Å²) in [6.07, 6.45) is 1.32. The lowest BCUT2D eigenvalue weighted by Crippen LogP contribution is -2.37. The first kappa shape index (κ1) is 18.2. The van der Waals surface area contributed by atoms with Gasteiger partial charge in [0.1, 0.15) is 5.82 Å². The van der Waals surface area contributed by atoms with Crippen molar-refractivity contribution in [3.8, 4) is 0 Å². The van der Waals surface area contributed by atoms with E-state index in [0.29, 0.717) is 12.8 Å². The van der Waals surface area contributed by atoms with Crippen molar-refractivity contribution in [1.29, 1.82) is 0 Å². The van der Waals surface area contributed by atoms with Gasteiger partial charge in [-0.25, -0.2) is 4.98 Å². The minimum Gasteiger partial charge on any atom is -0.481 e. The van der Waals surface area contributed by atoms with Crippen molar-refractivity contribution in [3.63, 3.8) is 0 Å². The highest BCUT2D eigenvalue weighted by atomic mass is 16.4. The van der Waals surface area contributed by atoms with Crippen molar-refractivity contribution >= 4 is 17.7 Å². The second-order valence-electron chi connectivity index (χ2n) is 6.77. The molecule has 0 spiro atoms. The average molecular weight is 354 g/mol. The zero-order valence-corrected chi connectivity index (χ0v) is 15.4. The molecule has 0 atom stereocenters. The molecule has 2 heterocycles. The van der Waals surface area contributed by atoms with Crippen LogP contribution in [0.15, 0.2) is 36.4 Å². The molecule has 2 aromatic rings. The van der Waals surface area contributed by atoms with Gasteiger partial charge in [-0.2, -0.15) is 4.98 Å². The zero-order valence-electron chi connectivity index (χ0n) is 15.4. The molecule has 0 saturated carbocycles. The van der Waals surface area contributed by atoms with Crippen molar-refractivity contribution < 1.29 is 9.90 Å². The highest BCUT2D eigenvalue weighted by Crippen LogP contribution is 2.24. The molecule has 26 heavy (non-hydrogen) atoms. The number of hydrogen-bond acceptors (Lipinski definition) is 5. The molecule has 1 aliphatic rings. The molecular weight excluding hydrogens is 328 g/mol. The van der Waals surface area contributed by atoms with Gasteiger partial charge in [0.25, 0.3) is 0 Å². The van der Waals surface area contributed by atoms with Crippen LogP contribution in [0.5, 0.6) is 0 Å². The number of piperidine rings is 1. The van der Waals surface area contributed by atoms with Crippen LogP contribution in [0.4, 0.5) is 11.8 Å². The summed E-state index contributed by atoms with van der Waals surface area (Å²) < 4.78 is 0. The third-order valence-electron chi connectivity index (χ3n) is 4.88. The van der Waals surface area contributed by atoms with E-state index in [2.05, 4.69) is 33.8 Å². The zero-order chi connectivity index (χ0) is 18.5. The predicted octanol–water partition coefficient (Wildman–Crippen LogP) is 3.11. The van der Waals surface area contributed by atoms with Gasteiger partial charge < -0.3 is 14.9 Å². The summed E-state index contributed by atoms with van der Waals surface area (Å²) in [7, 11) is 0. The fourth-order valence-electron chi connectivity index (χ4n) is 3.32. The summed E-state index contributed by atoms with van der Waals surface area (Å²) in [4.78, 5) is 24.9. The van der Waals surface area contributed by atoms with Gasteiger partial charge in [0.15, 0.2) is 0 Å². The van der Waals surface area contributed by atoms with Crippen molar-refractivity contribution in [3.05, 3.63) is 47.7 Å². The number of nitrogens with zero attached hydrogens (tertiary/aromatic N) is 4. The lowest BCUT2D eigenvalue weighted by Gasteiger charge is -2.32. The number of carbonyl (C=O) groups is 1. The molecule has 1 fully saturated rings. The minimum atomic E-state index is -0.691. The molecule has 1 N–H and O–H groups in total. The Labute approximate surface area is 154 Å². The van der Waals surface area contributed by atoms with Gasteiger partial charge in [-0.15, -0.1) is 0 Å². The standard InChI is InChI=1S/C20H26N4O2/c1-3-23(14-16-7-5-4-6-8-16)20-21-15(2)13-18(22-20)24-11-9-17(10-12-24)19(25)26/h4-8,13,17H,3,9-12,14H2,1-2H3,(H,25,26). The molecule has 138 valence electrons. The summed E-state index contributed by atoms with van der Waals surface area (Å²) in [5, 5.41) is 9.18. The van der Waals surface area contributed by atoms with Gasteiger partial charge in [0.05, 0.1) is 5.92 Å². The number of carboxylic acids is 1. The highest BCUT2D eigenvalue weighted by molar-refractivity contribution is 5.70. The molecule has 1 aromatic heterocycles. The normalized spacial score (nSPS) is 15.1. The van der Waals surface area contributed by atoms with Crippen LogP contribution in [0.3, 0.4) is 0 Å². The number of benzene rings is 1. The highest BCUT2D eigenvalue weighted by Gasteiger charge is 2.25. The number of rotatable bonds is 6. The minimum absolute atomic E-state index is 0.237. The maximum atomic E-state index is 11.2. The number of aryl methyl sites for hydroxylation is 1. The summed E-state index contributed by atoms with van der Waals surface area (Å²) in [5.41, 5.74) is 2.15. The Morgan fingerprint density at radius 2 is 1.92 bits per heavy atom. The van der Waals surface area contributed by atoms with Crippen LogP contribution in [-0.2, 0) is 11.3 Å². The second kappa shape index (κ2) is 8.17. The smallest absolute Gasteiger partial charge is 0.306 e. The van der Waals surface area contributed by atoms with E-state index in [1.165, 1.54) is 5.56 Å². The lowest BCUT2D eigenvalue weighted by atomic mass is 9.97. The largest absolute Gasteiger partial charge is 0.481 e. The molecule has 0 radical (unpaired) electrons. The van der Waals surface area contributed by atoms with Crippen LogP contribution < -0.4 is 9.80 Å². The lowest BCUT2D eigenvalue weighted by molar-refractivity contribution is -0.142. The van der Waals surface area contributed by atoms with E-state index in [0.717, 1.165) is 43.6 Å². The van der Waals surface area contributed by atoms with Gasteiger partial charge in [-0.1, -0.05) is 30.3 Å². The third-order valence-corrected chi connectivity index (χ3v) is 4.88. The van der Waals surface area contributed by atoms with E-state index in [1.54, 1.807) is 0 Å². The van der Waals surface area contributed by atoms with Crippen LogP contribution in [0.2, 0.25) is 0 Å². The Balaban J connectivity index is 1.77. The third kappa shape index (κ3) is 4.31. The molecule has 1 aromatic carbocycles. The first-order chi connectivity index (χ1) is 12.6. The van der Waals surface area contributed by atoms with Crippen LogP contribution in [0.1, 0.15) is 31.0 Å². The molecule has 0 aliphatic carbocycles. The molecule has 0 bridgehead atoms. The van der Waals surface area contributed by atoms with Gasteiger partial charge in [-0.05, 0) is 32.3 Å². The van der Waals surface area contributed by atoms with Crippen molar-refractivity contribution in [2.24, 2.45) is 5.92 Å². The van der Waals surface area contributed by atoms with Gasteiger partial charge in [0.2, 0.25) is 5.95 Å². The summed E-state index contributed by atoms with van der Waals surface area (Å²) in [5.74, 6) is 0.692. The first-order valence-corrected chi connectivity index (χ1v) is 9.19. The molecule has 1 aliphatic heterocycles. The summed E-state index contributed by atoms with van der Waals surface area (Å²) in [6.45, 7) is 7.11. The Morgan fingerprint density at radius 3 is 2.54 bits per heavy atom.